The van der Waals surface area contributed by atoms with E-state index in [1.807, 2.05) is 0 Å². The van der Waals surface area contributed by atoms with Crippen LogP contribution in [0.4, 0.5) is 5.69 Å². The number of nitro benzene ring substituents is 1. The predicted molar refractivity (Wildman–Crippen MR) is 72.0 cm³/mol. The molecule has 1 N–H and O–H groups in total. The second-order valence-electron chi connectivity index (χ2n) is 4.02. The molecule has 2 rings (SSSR count). The van der Waals surface area contributed by atoms with Crippen LogP contribution in [0.2, 0.25) is 0 Å². The summed E-state index contributed by atoms with van der Waals surface area (Å²) in [7, 11) is 1.42. The highest BCUT2D eigenvalue weighted by Crippen LogP contribution is 2.33. The molecule has 0 heterocycles. The van der Waals surface area contributed by atoms with Gasteiger partial charge in [0.1, 0.15) is 5.75 Å². The molecule has 0 bridgehead atoms. The van der Waals surface area contributed by atoms with Crippen LogP contribution >= 0.6 is 0 Å². The van der Waals surface area contributed by atoms with Crippen molar-refractivity contribution < 1.29 is 19.6 Å². The fourth-order valence-electron chi connectivity index (χ4n) is 1.82. The van der Waals surface area contributed by atoms with Gasteiger partial charge in [-0.3, -0.25) is 10.1 Å². The van der Waals surface area contributed by atoms with E-state index in [-0.39, 0.29) is 11.3 Å². The zero-order chi connectivity index (χ0) is 14.7. The number of hydrogen-bond donors (Lipinski definition) is 1. The van der Waals surface area contributed by atoms with Crippen LogP contribution in [0.15, 0.2) is 42.5 Å². The Morgan fingerprint density at radius 1 is 1.20 bits per heavy atom. The van der Waals surface area contributed by atoms with E-state index in [0.717, 1.165) is 5.56 Å². The molecule has 0 saturated carbocycles. The van der Waals surface area contributed by atoms with E-state index < -0.39 is 10.9 Å². The third-order valence-corrected chi connectivity index (χ3v) is 2.84. The summed E-state index contributed by atoms with van der Waals surface area (Å²) in [5.41, 5.74) is 1.50. The van der Waals surface area contributed by atoms with Gasteiger partial charge in [0, 0.05) is 11.6 Å². The maximum absolute atomic E-state index is 10.8. The highest BCUT2D eigenvalue weighted by atomic mass is 16.6. The Hall–Kier alpha value is -2.89. The Morgan fingerprint density at radius 3 is 2.35 bits per heavy atom. The monoisotopic (exact) mass is 273 g/mol. The molecule has 6 nitrogen and oxygen atoms in total. The quantitative estimate of drug-likeness (QED) is 0.683. The lowest BCUT2D eigenvalue weighted by Gasteiger charge is -2.08. The molecule has 0 aliphatic carbocycles. The van der Waals surface area contributed by atoms with Crippen molar-refractivity contribution in [2.75, 3.05) is 7.11 Å². The number of nitro groups is 1. The number of aromatic carboxylic acids is 1. The summed E-state index contributed by atoms with van der Waals surface area (Å²) in [5.74, 6) is -0.644. The zero-order valence-corrected chi connectivity index (χ0v) is 10.6. The van der Waals surface area contributed by atoms with Crippen LogP contribution in [0.1, 0.15) is 10.4 Å². The normalized spacial score (nSPS) is 10.1. The van der Waals surface area contributed by atoms with Crippen molar-refractivity contribution in [3.05, 3.63) is 58.1 Å². The highest BCUT2D eigenvalue weighted by Gasteiger charge is 2.13. The minimum absolute atomic E-state index is 0.0623. The van der Waals surface area contributed by atoms with E-state index in [9.17, 15) is 14.9 Å². The van der Waals surface area contributed by atoms with Gasteiger partial charge in [-0.15, -0.1) is 0 Å². The molecule has 2 aromatic carbocycles. The van der Waals surface area contributed by atoms with E-state index in [1.54, 1.807) is 18.2 Å². The SMILES string of the molecule is COc1cc([N+](=O)[O-])ccc1-c1ccc(C(=O)O)cc1. The second-order valence-corrected chi connectivity index (χ2v) is 4.02. The highest BCUT2D eigenvalue weighted by molar-refractivity contribution is 5.88. The first-order chi connectivity index (χ1) is 9.52. The molecule has 0 spiro atoms. The van der Waals surface area contributed by atoms with E-state index in [1.165, 1.54) is 31.4 Å². The number of carbonyl (C=O) groups is 1. The predicted octanol–water partition coefficient (Wildman–Crippen LogP) is 2.97. The van der Waals surface area contributed by atoms with Gasteiger partial charge < -0.3 is 9.84 Å². The van der Waals surface area contributed by atoms with Gasteiger partial charge in [-0.05, 0) is 23.8 Å². The summed E-state index contributed by atoms with van der Waals surface area (Å²) in [5, 5.41) is 19.6. The fourth-order valence-corrected chi connectivity index (χ4v) is 1.82. The van der Waals surface area contributed by atoms with Crippen LogP contribution in [-0.2, 0) is 0 Å². The minimum Gasteiger partial charge on any atom is -0.496 e. The standard InChI is InChI=1S/C14H11NO5/c1-20-13-8-11(15(18)19)6-7-12(13)9-2-4-10(5-3-9)14(16)17/h2-8H,1H3,(H,16,17). The lowest BCUT2D eigenvalue weighted by atomic mass is 10.0. The van der Waals surface area contributed by atoms with Crippen LogP contribution in [-0.4, -0.2) is 23.1 Å². The van der Waals surface area contributed by atoms with Crippen molar-refractivity contribution in [3.63, 3.8) is 0 Å². The molecule has 0 amide bonds. The van der Waals surface area contributed by atoms with E-state index >= 15 is 0 Å². The minimum atomic E-state index is -1.01. The molecule has 6 heteroatoms. The van der Waals surface area contributed by atoms with Gasteiger partial charge in [0.25, 0.3) is 5.69 Å². The van der Waals surface area contributed by atoms with Crippen molar-refractivity contribution in [1.29, 1.82) is 0 Å². The molecule has 0 saturated heterocycles. The summed E-state index contributed by atoms with van der Waals surface area (Å²) in [6, 6.07) is 10.5. The molecule has 0 fully saturated rings. The molecule has 0 aliphatic rings. The smallest absolute Gasteiger partial charge is 0.335 e. The Balaban J connectivity index is 2.46. The number of rotatable bonds is 4. The first-order valence-electron chi connectivity index (χ1n) is 5.69. The summed E-state index contributed by atoms with van der Waals surface area (Å²) in [4.78, 5) is 21.0. The number of benzene rings is 2. The van der Waals surface area contributed by atoms with Crippen LogP contribution in [0.25, 0.3) is 11.1 Å². The summed E-state index contributed by atoms with van der Waals surface area (Å²) >= 11 is 0. The lowest BCUT2D eigenvalue weighted by molar-refractivity contribution is -0.384. The molecule has 20 heavy (non-hydrogen) atoms. The second kappa shape index (κ2) is 5.40. The van der Waals surface area contributed by atoms with Gasteiger partial charge in [0.05, 0.1) is 23.7 Å². The van der Waals surface area contributed by atoms with E-state index in [0.29, 0.717) is 11.3 Å². The zero-order valence-electron chi connectivity index (χ0n) is 10.6. The Bertz CT molecular complexity index is 664. The number of non-ortho nitro benzene ring substituents is 1. The molecule has 102 valence electrons. The van der Waals surface area contributed by atoms with E-state index in [2.05, 4.69) is 0 Å². The summed E-state index contributed by atoms with van der Waals surface area (Å²) < 4.78 is 5.15. The number of hydrogen-bond acceptors (Lipinski definition) is 4. The topological polar surface area (TPSA) is 89.7 Å². The fraction of sp³-hybridized carbons (Fsp3) is 0.0714. The Morgan fingerprint density at radius 2 is 1.85 bits per heavy atom. The van der Waals surface area contributed by atoms with Crippen LogP contribution < -0.4 is 4.74 Å². The van der Waals surface area contributed by atoms with Crippen molar-refractivity contribution in [2.45, 2.75) is 0 Å². The van der Waals surface area contributed by atoms with Gasteiger partial charge in [0.2, 0.25) is 0 Å². The third kappa shape index (κ3) is 2.59. The maximum atomic E-state index is 10.8. The molecular formula is C14H11NO5. The number of carboxylic acids is 1. The summed E-state index contributed by atoms with van der Waals surface area (Å²) in [6.45, 7) is 0. The molecule has 0 radical (unpaired) electrons. The lowest BCUT2D eigenvalue weighted by Crippen LogP contribution is -1.96. The molecule has 0 unspecified atom stereocenters. The number of carboxylic acid groups (broad SMARTS) is 1. The number of methoxy groups -OCH3 is 1. The Kier molecular flexibility index (Phi) is 3.65. The average Bonchev–Trinajstić information content (AvgIpc) is 2.46. The summed E-state index contributed by atoms with van der Waals surface area (Å²) in [6.07, 6.45) is 0. The molecular weight excluding hydrogens is 262 g/mol. The average molecular weight is 273 g/mol. The van der Waals surface area contributed by atoms with Crippen LogP contribution in [0.5, 0.6) is 5.75 Å². The van der Waals surface area contributed by atoms with Gasteiger partial charge in [0.15, 0.2) is 0 Å². The largest absolute Gasteiger partial charge is 0.496 e. The van der Waals surface area contributed by atoms with Crippen LogP contribution in [0, 0.1) is 10.1 Å². The van der Waals surface area contributed by atoms with Crippen molar-refractivity contribution in [1.82, 2.24) is 0 Å². The third-order valence-electron chi connectivity index (χ3n) is 2.84. The number of ether oxygens (including phenoxy) is 1. The number of nitrogens with zero attached hydrogens (tertiary/aromatic N) is 1. The van der Waals surface area contributed by atoms with Gasteiger partial charge in [-0.2, -0.15) is 0 Å². The first-order valence-corrected chi connectivity index (χ1v) is 5.69. The molecule has 2 aromatic rings. The van der Waals surface area contributed by atoms with Gasteiger partial charge in [-0.1, -0.05) is 12.1 Å². The van der Waals surface area contributed by atoms with Gasteiger partial charge in [-0.25, -0.2) is 4.79 Å². The molecule has 0 aromatic heterocycles. The molecule has 0 atom stereocenters. The Labute approximate surface area is 114 Å². The molecule has 0 aliphatic heterocycles. The first kappa shape index (κ1) is 13.5. The van der Waals surface area contributed by atoms with Gasteiger partial charge >= 0.3 is 5.97 Å². The maximum Gasteiger partial charge on any atom is 0.335 e. The van der Waals surface area contributed by atoms with E-state index in [4.69, 9.17) is 9.84 Å². The van der Waals surface area contributed by atoms with Crippen molar-refractivity contribution >= 4 is 11.7 Å². The van der Waals surface area contributed by atoms with Crippen LogP contribution in [0.3, 0.4) is 0 Å². The van der Waals surface area contributed by atoms with Crippen molar-refractivity contribution in [3.8, 4) is 16.9 Å². The van der Waals surface area contributed by atoms with Crippen molar-refractivity contribution in [2.24, 2.45) is 0 Å².